The van der Waals surface area contributed by atoms with E-state index in [9.17, 15) is 14.3 Å². The topological polar surface area (TPSA) is 69.8 Å². The summed E-state index contributed by atoms with van der Waals surface area (Å²) < 4.78 is 13.7. The van der Waals surface area contributed by atoms with Gasteiger partial charge in [0.25, 0.3) is 5.91 Å². The summed E-state index contributed by atoms with van der Waals surface area (Å²) in [5.74, 6) is -1.54. The van der Waals surface area contributed by atoms with Crippen LogP contribution in [0.2, 0.25) is 0 Å². The van der Waals surface area contributed by atoms with Gasteiger partial charge in [-0.3, -0.25) is 4.79 Å². The van der Waals surface area contributed by atoms with Gasteiger partial charge in [0, 0.05) is 26.2 Å². The van der Waals surface area contributed by atoms with E-state index in [0.29, 0.717) is 26.2 Å². The molecule has 104 valence electrons. The number of nitrogens with two attached hydrogens (primary N) is 1. The number of rotatable bonds is 2. The number of phenols is 1. The smallest absolute Gasteiger partial charge is 0.260 e. The minimum atomic E-state index is -0.709. The molecule has 5 nitrogen and oxygen atoms in total. The molecule has 0 aromatic heterocycles. The quantitative estimate of drug-likeness (QED) is 0.805. The van der Waals surface area contributed by atoms with Crippen LogP contribution in [-0.4, -0.2) is 60.1 Å². The van der Waals surface area contributed by atoms with Crippen LogP contribution in [0.4, 0.5) is 4.39 Å². The van der Waals surface area contributed by atoms with Crippen LogP contribution < -0.4 is 5.73 Å². The van der Waals surface area contributed by atoms with Gasteiger partial charge in [-0.2, -0.15) is 0 Å². The van der Waals surface area contributed by atoms with Crippen LogP contribution in [0.25, 0.3) is 0 Å². The van der Waals surface area contributed by atoms with E-state index in [0.717, 1.165) is 0 Å². The maximum Gasteiger partial charge on any atom is 0.260 e. The van der Waals surface area contributed by atoms with E-state index < -0.39 is 11.7 Å². The monoisotopic (exact) mass is 267 g/mol. The highest BCUT2D eigenvalue weighted by Crippen LogP contribution is 2.23. The first-order valence-electron chi connectivity index (χ1n) is 6.21. The van der Waals surface area contributed by atoms with Crippen molar-refractivity contribution in [3.05, 3.63) is 29.6 Å². The molecule has 1 heterocycles. The molecule has 0 bridgehead atoms. The van der Waals surface area contributed by atoms with Crippen molar-refractivity contribution in [1.82, 2.24) is 9.80 Å². The van der Waals surface area contributed by atoms with Crippen molar-refractivity contribution in [2.75, 3.05) is 33.2 Å². The zero-order chi connectivity index (χ0) is 14.0. The molecule has 19 heavy (non-hydrogen) atoms. The number of hydrogen-bond donors (Lipinski definition) is 2. The van der Waals surface area contributed by atoms with Gasteiger partial charge in [-0.25, -0.2) is 4.39 Å². The van der Waals surface area contributed by atoms with Crippen molar-refractivity contribution in [2.45, 2.75) is 6.04 Å². The number of carbonyl (C=O) groups excluding carboxylic acids is 1. The average Bonchev–Trinajstić information content (AvgIpc) is 2.38. The summed E-state index contributed by atoms with van der Waals surface area (Å²) in [6.07, 6.45) is 0. The zero-order valence-electron chi connectivity index (χ0n) is 10.8. The van der Waals surface area contributed by atoms with Crippen LogP contribution in [0.15, 0.2) is 18.2 Å². The van der Waals surface area contributed by atoms with Crippen molar-refractivity contribution < 1.29 is 14.3 Å². The predicted octanol–water partition coefficient (Wildman–Crippen LogP) is 0.246. The first-order valence-corrected chi connectivity index (χ1v) is 6.21. The van der Waals surface area contributed by atoms with Gasteiger partial charge in [0.05, 0.1) is 6.04 Å². The molecule has 1 saturated heterocycles. The lowest BCUT2D eigenvalue weighted by Gasteiger charge is -2.39. The van der Waals surface area contributed by atoms with Crippen LogP contribution in [0, 0.1) is 5.82 Å². The summed E-state index contributed by atoms with van der Waals surface area (Å²) in [5, 5.41) is 9.67. The molecule has 2 rings (SSSR count). The number of carbonyl (C=O) groups is 1. The fraction of sp³-hybridized carbons (Fsp3) is 0.462. The minimum absolute atomic E-state index is 0.162. The average molecular weight is 267 g/mol. The molecule has 0 spiro atoms. The maximum absolute atomic E-state index is 13.7. The maximum atomic E-state index is 13.7. The normalized spacial score (nSPS) is 20.6. The summed E-state index contributed by atoms with van der Waals surface area (Å²) in [4.78, 5) is 16.0. The second-order valence-corrected chi connectivity index (χ2v) is 4.78. The van der Waals surface area contributed by atoms with E-state index >= 15 is 0 Å². The van der Waals surface area contributed by atoms with E-state index in [4.69, 9.17) is 5.73 Å². The molecule has 0 radical (unpaired) electrons. The molecule has 1 fully saturated rings. The third kappa shape index (κ3) is 2.69. The Balaban J connectivity index is 2.28. The molecule has 1 unspecified atom stereocenters. The minimum Gasteiger partial charge on any atom is -0.507 e. The molecule has 6 heteroatoms. The number of phenolic OH excluding ortho intramolecular Hbond substituents is 1. The van der Waals surface area contributed by atoms with Gasteiger partial charge in [0.1, 0.15) is 17.1 Å². The van der Waals surface area contributed by atoms with Gasteiger partial charge in [-0.15, -0.1) is 0 Å². The van der Waals surface area contributed by atoms with Crippen LogP contribution in [0.3, 0.4) is 0 Å². The van der Waals surface area contributed by atoms with E-state index in [-0.39, 0.29) is 17.4 Å². The molecular weight excluding hydrogens is 249 g/mol. The van der Waals surface area contributed by atoms with Crippen LogP contribution in [0.5, 0.6) is 5.75 Å². The van der Waals surface area contributed by atoms with Crippen molar-refractivity contribution in [2.24, 2.45) is 5.73 Å². The highest BCUT2D eigenvalue weighted by atomic mass is 19.1. The zero-order valence-corrected chi connectivity index (χ0v) is 10.8. The second kappa shape index (κ2) is 5.54. The summed E-state index contributed by atoms with van der Waals surface area (Å²) in [6, 6.07) is 3.68. The van der Waals surface area contributed by atoms with Gasteiger partial charge < -0.3 is 20.6 Å². The predicted molar refractivity (Wildman–Crippen MR) is 69.4 cm³/mol. The Morgan fingerprint density at radius 2 is 2.26 bits per heavy atom. The first-order chi connectivity index (χ1) is 9.04. The third-order valence-electron chi connectivity index (χ3n) is 3.42. The molecule has 0 saturated carbocycles. The number of hydrogen-bond acceptors (Lipinski definition) is 4. The largest absolute Gasteiger partial charge is 0.507 e. The summed E-state index contributed by atoms with van der Waals surface area (Å²) in [5.41, 5.74) is 5.40. The van der Waals surface area contributed by atoms with Gasteiger partial charge in [-0.1, -0.05) is 6.07 Å². The Hall–Kier alpha value is -1.66. The van der Waals surface area contributed by atoms with Gasteiger partial charge >= 0.3 is 0 Å². The molecule has 1 atom stereocenters. The molecule has 1 amide bonds. The van der Waals surface area contributed by atoms with Gasteiger partial charge in [0.15, 0.2) is 0 Å². The lowest BCUT2D eigenvalue weighted by molar-refractivity contribution is 0.0508. The van der Waals surface area contributed by atoms with Gasteiger partial charge in [-0.05, 0) is 19.2 Å². The third-order valence-corrected chi connectivity index (χ3v) is 3.42. The lowest BCUT2D eigenvalue weighted by Crippen LogP contribution is -2.56. The number of aromatic hydroxyl groups is 1. The molecule has 1 aliphatic heterocycles. The van der Waals surface area contributed by atoms with Crippen LogP contribution >= 0.6 is 0 Å². The van der Waals surface area contributed by atoms with Crippen LogP contribution in [0.1, 0.15) is 10.4 Å². The standard InChI is InChI=1S/C13H18FN3O2/c1-16-5-6-17(9(7-15)8-16)13(19)12-10(14)3-2-4-11(12)18/h2-4,9,18H,5-8,15H2,1H3. The summed E-state index contributed by atoms with van der Waals surface area (Å²) in [7, 11) is 1.95. The van der Waals surface area contributed by atoms with Crippen molar-refractivity contribution in [3.63, 3.8) is 0 Å². The summed E-state index contributed by atoms with van der Waals surface area (Å²) in [6.45, 7) is 2.14. The lowest BCUT2D eigenvalue weighted by atomic mass is 10.1. The highest BCUT2D eigenvalue weighted by molar-refractivity contribution is 5.97. The Labute approximate surface area is 111 Å². The molecule has 1 aromatic carbocycles. The number of piperazine rings is 1. The van der Waals surface area contributed by atoms with E-state index in [1.807, 2.05) is 7.05 Å². The Kier molecular flexibility index (Phi) is 4.01. The molecular formula is C13H18FN3O2. The number of amides is 1. The van der Waals surface area contributed by atoms with E-state index in [1.165, 1.54) is 23.1 Å². The molecule has 0 aliphatic carbocycles. The summed E-state index contributed by atoms with van der Waals surface area (Å²) >= 11 is 0. The van der Waals surface area contributed by atoms with E-state index in [2.05, 4.69) is 4.90 Å². The number of nitrogens with zero attached hydrogens (tertiary/aromatic N) is 2. The Morgan fingerprint density at radius 3 is 2.89 bits per heavy atom. The Morgan fingerprint density at radius 1 is 1.53 bits per heavy atom. The van der Waals surface area contributed by atoms with Crippen LogP contribution in [-0.2, 0) is 0 Å². The second-order valence-electron chi connectivity index (χ2n) is 4.78. The first kappa shape index (κ1) is 13.8. The molecule has 1 aliphatic rings. The number of halogens is 1. The van der Waals surface area contributed by atoms with Crippen molar-refractivity contribution in [1.29, 1.82) is 0 Å². The molecule has 1 aromatic rings. The van der Waals surface area contributed by atoms with Crippen molar-refractivity contribution >= 4 is 5.91 Å². The fourth-order valence-electron chi connectivity index (χ4n) is 2.35. The number of likely N-dealkylation sites (N-methyl/N-ethyl adjacent to an activating group) is 1. The van der Waals surface area contributed by atoms with Crippen molar-refractivity contribution in [3.8, 4) is 5.75 Å². The van der Waals surface area contributed by atoms with Gasteiger partial charge in [0.2, 0.25) is 0 Å². The Bertz CT molecular complexity index is 461. The molecule has 3 N–H and O–H groups in total. The number of benzene rings is 1. The highest BCUT2D eigenvalue weighted by Gasteiger charge is 2.31. The SMILES string of the molecule is CN1CCN(C(=O)c2c(O)cccc2F)C(CN)C1. The van der Waals surface area contributed by atoms with E-state index in [1.54, 1.807) is 0 Å². The fourth-order valence-corrected chi connectivity index (χ4v) is 2.35.